The lowest BCUT2D eigenvalue weighted by Crippen LogP contribution is -2.20. The van der Waals surface area contributed by atoms with Gasteiger partial charge in [0.25, 0.3) is 0 Å². The van der Waals surface area contributed by atoms with E-state index in [1.54, 1.807) is 11.3 Å². The van der Waals surface area contributed by atoms with Gasteiger partial charge in [0.15, 0.2) is 5.82 Å². The number of anilines is 1. The summed E-state index contributed by atoms with van der Waals surface area (Å²) in [7, 11) is 0. The van der Waals surface area contributed by atoms with Gasteiger partial charge in [0.2, 0.25) is 5.95 Å². The first-order valence-corrected chi connectivity index (χ1v) is 9.28. The van der Waals surface area contributed by atoms with E-state index in [0.717, 1.165) is 17.5 Å². The van der Waals surface area contributed by atoms with Crippen LogP contribution in [-0.2, 0) is 6.42 Å². The van der Waals surface area contributed by atoms with Gasteiger partial charge in [-0.1, -0.05) is 35.9 Å². The third-order valence-electron chi connectivity index (χ3n) is 4.27. The van der Waals surface area contributed by atoms with Crippen molar-refractivity contribution in [3.63, 3.8) is 0 Å². The van der Waals surface area contributed by atoms with Gasteiger partial charge < -0.3 is 10.4 Å². The summed E-state index contributed by atoms with van der Waals surface area (Å²) in [5.74, 6) is 1.51. The summed E-state index contributed by atoms with van der Waals surface area (Å²) >= 11 is 1.70. The van der Waals surface area contributed by atoms with Crippen molar-refractivity contribution in [1.29, 1.82) is 0 Å². The first-order valence-electron chi connectivity index (χ1n) is 8.40. The summed E-state index contributed by atoms with van der Waals surface area (Å²) in [5, 5.41) is 19.2. The molecular formula is C19H20N4OS. The fraction of sp³-hybridized carbons (Fsp3) is 0.263. The molecule has 0 aliphatic carbocycles. The van der Waals surface area contributed by atoms with E-state index in [2.05, 4.69) is 70.2 Å². The topological polar surface area (TPSA) is 63.0 Å². The molecule has 0 saturated carbocycles. The Balaban J connectivity index is 1.76. The normalized spacial score (nSPS) is 16.2. The van der Waals surface area contributed by atoms with Crippen LogP contribution < -0.4 is 5.32 Å². The van der Waals surface area contributed by atoms with Crippen molar-refractivity contribution >= 4 is 23.0 Å². The number of thiophene rings is 1. The molecule has 5 nitrogen and oxygen atoms in total. The van der Waals surface area contributed by atoms with Crippen LogP contribution in [0.4, 0.5) is 5.95 Å². The van der Waals surface area contributed by atoms with Crippen LogP contribution in [0.5, 0.6) is 0 Å². The average Bonchev–Trinajstić information content (AvgIpc) is 3.29. The summed E-state index contributed by atoms with van der Waals surface area (Å²) < 4.78 is 1.94. The monoisotopic (exact) mass is 352 g/mol. The molecule has 1 aromatic carbocycles. The highest BCUT2D eigenvalue weighted by atomic mass is 32.1. The molecule has 6 heteroatoms. The highest BCUT2D eigenvalue weighted by Crippen LogP contribution is 2.34. The molecule has 0 amide bonds. The molecule has 2 N–H and O–H groups in total. The number of rotatable bonds is 5. The van der Waals surface area contributed by atoms with Crippen LogP contribution >= 0.6 is 11.3 Å². The number of allylic oxidation sites excluding steroid dienone is 1. The minimum absolute atomic E-state index is 0.00401. The van der Waals surface area contributed by atoms with Crippen LogP contribution in [0, 0.1) is 6.92 Å². The number of aryl methyl sites for hydroxylation is 2. The maximum absolute atomic E-state index is 9.07. The van der Waals surface area contributed by atoms with Crippen molar-refractivity contribution in [3.8, 4) is 0 Å². The number of aliphatic hydroxyl groups excluding tert-OH is 1. The van der Waals surface area contributed by atoms with Crippen molar-refractivity contribution in [2.75, 3.05) is 11.9 Å². The van der Waals surface area contributed by atoms with Crippen molar-refractivity contribution in [2.24, 2.45) is 0 Å². The van der Waals surface area contributed by atoms with Gasteiger partial charge in [-0.15, -0.1) is 11.3 Å². The number of hydrogen-bond donors (Lipinski definition) is 2. The molecule has 1 aliphatic heterocycles. The first kappa shape index (κ1) is 16.1. The molecule has 4 rings (SSSR count). The molecular weight excluding hydrogens is 332 g/mol. The zero-order valence-corrected chi connectivity index (χ0v) is 14.8. The Morgan fingerprint density at radius 3 is 2.80 bits per heavy atom. The highest BCUT2D eigenvalue weighted by molar-refractivity contribution is 7.11. The van der Waals surface area contributed by atoms with Crippen molar-refractivity contribution in [3.05, 3.63) is 69.7 Å². The quantitative estimate of drug-likeness (QED) is 0.736. The van der Waals surface area contributed by atoms with Gasteiger partial charge in [0.05, 0.1) is 10.6 Å². The smallest absolute Gasteiger partial charge is 0.226 e. The summed E-state index contributed by atoms with van der Waals surface area (Å²) in [6.07, 6.45) is 3.55. The Morgan fingerprint density at radius 2 is 2.08 bits per heavy atom. The van der Waals surface area contributed by atoms with Gasteiger partial charge in [-0.2, -0.15) is 10.1 Å². The fourth-order valence-electron chi connectivity index (χ4n) is 2.96. The van der Waals surface area contributed by atoms with Crippen LogP contribution in [-0.4, -0.2) is 26.5 Å². The summed E-state index contributed by atoms with van der Waals surface area (Å²) in [4.78, 5) is 5.82. The largest absolute Gasteiger partial charge is 0.396 e. The Hall–Kier alpha value is -2.44. The molecule has 1 aliphatic rings. The summed E-state index contributed by atoms with van der Waals surface area (Å²) in [6, 6.07) is 12.7. The number of nitrogens with zero attached hydrogens (tertiary/aromatic N) is 3. The molecule has 0 spiro atoms. The van der Waals surface area contributed by atoms with Crippen LogP contribution in [0.1, 0.15) is 34.3 Å². The van der Waals surface area contributed by atoms with Crippen LogP contribution in [0.15, 0.2) is 47.9 Å². The molecule has 2 aromatic heterocycles. The maximum Gasteiger partial charge on any atom is 0.226 e. The number of nitrogens with one attached hydrogen (secondary N) is 1. The maximum atomic E-state index is 9.07. The Morgan fingerprint density at radius 1 is 1.24 bits per heavy atom. The predicted octanol–water partition coefficient (Wildman–Crippen LogP) is 3.63. The van der Waals surface area contributed by atoms with E-state index in [-0.39, 0.29) is 12.6 Å². The second kappa shape index (κ2) is 6.82. The first-order chi connectivity index (χ1) is 12.2. The van der Waals surface area contributed by atoms with Crippen molar-refractivity contribution in [1.82, 2.24) is 14.8 Å². The van der Waals surface area contributed by atoms with Crippen LogP contribution in [0.3, 0.4) is 0 Å². The second-order valence-corrected chi connectivity index (χ2v) is 7.11. The van der Waals surface area contributed by atoms with E-state index < -0.39 is 0 Å². The van der Waals surface area contributed by atoms with E-state index in [9.17, 15) is 0 Å². The molecule has 0 bridgehead atoms. The third-order valence-corrected chi connectivity index (χ3v) is 5.18. The summed E-state index contributed by atoms with van der Waals surface area (Å²) in [6.45, 7) is 2.24. The number of aliphatic hydroxyl groups is 1. The Kier molecular flexibility index (Phi) is 4.38. The minimum Gasteiger partial charge on any atom is -0.396 e. The molecule has 3 heterocycles. The summed E-state index contributed by atoms with van der Waals surface area (Å²) in [5.41, 5.74) is 3.48. The number of fused-ring (bicyclic) bond motifs is 1. The zero-order chi connectivity index (χ0) is 17.2. The SMILES string of the molecule is Cc1ccc(C2C=C(c3cccs3)Nc3nc(CCCO)nn32)cc1. The zero-order valence-electron chi connectivity index (χ0n) is 14.0. The van der Waals surface area contributed by atoms with Gasteiger partial charge >= 0.3 is 0 Å². The van der Waals surface area contributed by atoms with E-state index in [4.69, 9.17) is 5.11 Å². The molecule has 1 unspecified atom stereocenters. The molecule has 0 fully saturated rings. The van der Waals surface area contributed by atoms with Gasteiger partial charge in [-0.05, 0) is 36.4 Å². The van der Waals surface area contributed by atoms with Gasteiger partial charge in [-0.3, -0.25) is 0 Å². The Labute approximate surface area is 150 Å². The Bertz CT molecular complexity index is 881. The minimum atomic E-state index is 0.00401. The fourth-order valence-corrected chi connectivity index (χ4v) is 3.66. The lowest BCUT2D eigenvalue weighted by atomic mass is 10.0. The van der Waals surface area contributed by atoms with E-state index in [0.29, 0.717) is 12.8 Å². The van der Waals surface area contributed by atoms with Gasteiger partial charge in [-0.25, -0.2) is 4.68 Å². The van der Waals surface area contributed by atoms with Crippen LogP contribution in [0.2, 0.25) is 0 Å². The molecule has 25 heavy (non-hydrogen) atoms. The predicted molar refractivity (Wildman–Crippen MR) is 101 cm³/mol. The van der Waals surface area contributed by atoms with Gasteiger partial charge in [0.1, 0.15) is 6.04 Å². The lowest BCUT2D eigenvalue weighted by Gasteiger charge is -2.23. The lowest BCUT2D eigenvalue weighted by molar-refractivity contribution is 0.287. The van der Waals surface area contributed by atoms with Crippen molar-refractivity contribution < 1.29 is 5.11 Å². The van der Waals surface area contributed by atoms with Gasteiger partial charge in [0, 0.05) is 13.0 Å². The number of aromatic nitrogens is 3. The molecule has 1 atom stereocenters. The standard InChI is InChI=1S/C19H20N4OS/c1-13-6-8-14(9-7-13)16-12-15(17-4-3-11-25-17)20-19-21-18(5-2-10-24)22-23(16)19/h3-4,6-9,11-12,16,24H,2,5,10H2,1H3,(H,20,21,22). The molecule has 0 radical (unpaired) electrons. The molecule has 0 saturated heterocycles. The number of hydrogen-bond acceptors (Lipinski definition) is 5. The number of benzene rings is 1. The molecule has 128 valence electrons. The second-order valence-electron chi connectivity index (χ2n) is 6.16. The highest BCUT2D eigenvalue weighted by Gasteiger charge is 2.25. The van der Waals surface area contributed by atoms with Crippen LogP contribution in [0.25, 0.3) is 5.70 Å². The van der Waals surface area contributed by atoms with E-state index in [1.807, 2.05) is 4.68 Å². The average molecular weight is 352 g/mol. The van der Waals surface area contributed by atoms with E-state index >= 15 is 0 Å². The van der Waals surface area contributed by atoms with Crippen molar-refractivity contribution in [2.45, 2.75) is 25.8 Å². The third kappa shape index (κ3) is 3.23. The molecule has 3 aromatic rings. The van der Waals surface area contributed by atoms with E-state index in [1.165, 1.54) is 16.0 Å².